The molecule has 1 amide bonds. The molecule has 0 unspecified atom stereocenters. The summed E-state index contributed by atoms with van der Waals surface area (Å²) in [5.41, 5.74) is 7.45. The lowest BCUT2D eigenvalue weighted by Gasteiger charge is -2.15. The van der Waals surface area contributed by atoms with Crippen LogP contribution in [-0.4, -0.2) is 72.5 Å². The maximum absolute atomic E-state index is 14.7. The highest BCUT2D eigenvalue weighted by atomic mass is 19.1. The van der Waals surface area contributed by atoms with Crippen molar-refractivity contribution < 1.29 is 23.5 Å². The Morgan fingerprint density at radius 1 is 0.897 bits per heavy atom. The minimum atomic E-state index is -0.770. The fourth-order valence-corrected chi connectivity index (χ4v) is 3.69. The largest absolute Gasteiger partial charge is 0.465 e. The minimum Gasteiger partial charge on any atom is -0.465 e. The summed E-state index contributed by atoms with van der Waals surface area (Å²) in [6, 6.07) is 9.98. The van der Waals surface area contributed by atoms with E-state index in [0.29, 0.717) is 13.1 Å². The van der Waals surface area contributed by atoms with Crippen LogP contribution in [0.4, 0.5) is 26.2 Å². The lowest BCUT2D eigenvalue weighted by molar-refractivity contribution is 0.0601. The number of nitrogens with two attached hydrogens (primary N) is 1. The Hall–Kier alpha value is -3.41. The lowest BCUT2D eigenvalue weighted by Crippen LogP contribution is -2.22. The number of halogens is 1. The Bertz CT molecular complexity index is 1020. The summed E-state index contributed by atoms with van der Waals surface area (Å²) in [6.07, 6.45) is 3.15. The van der Waals surface area contributed by atoms with Gasteiger partial charge in [-0.15, -0.1) is 0 Å². The van der Waals surface area contributed by atoms with Crippen molar-refractivity contribution in [3.63, 3.8) is 0 Å². The number of esters is 1. The van der Waals surface area contributed by atoms with Crippen LogP contribution in [0.2, 0.25) is 0 Å². The maximum Gasteiger partial charge on any atom is 0.411 e. The Labute approximate surface area is 230 Å². The summed E-state index contributed by atoms with van der Waals surface area (Å²) in [6.45, 7) is 4.89. The molecule has 2 aromatic rings. The van der Waals surface area contributed by atoms with E-state index in [4.69, 9.17) is 15.2 Å². The molecule has 0 atom stereocenters. The number of nitrogens with one attached hydrogen (secondary N) is 4. The van der Waals surface area contributed by atoms with Gasteiger partial charge in [0.05, 0.1) is 24.0 Å². The fraction of sp³-hybridized carbons (Fsp3) is 0.500. The number of nitrogens with zero attached hydrogens (tertiary/aromatic N) is 1. The SMILES string of the molecule is COC(=O)c1cc(F)c(NCCCNCCCCNCCCN)cc1NC(=O)OCc1ccc(N(C)C)cc1. The van der Waals surface area contributed by atoms with Crippen molar-refractivity contribution in [3.8, 4) is 0 Å². The van der Waals surface area contributed by atoms with Gasteiger partial charge in [0.2, 0.25) is 0 Å². The number of methoxy groups -OCH3 is 1. The molecule has 2 aromatic carbocycles. The van der Waals surface area contributed by atoms with Crippen LogP contribution in [0, 0.1) is 5.82 Å². The normalized spacial score (nSPS) is 10.7. The van der Waals surface area contributed by atoms with Crippen molar-refractivity contribution in [3.05, 3.63) is 53.3 Å². The first kappa shape index (κ1) is 31.8. The third-order valence-corrected chi connectivity index (χ3v) is 5.93. The first-order valence-corrected chi connectivity index (χ1v) is 13.3. The predicted molar refractivity (Wildman–Crippen MR) is 154 cm³/mol. The van der Waals surface area contributed by atoms with E-state index in [1.807, 2.05) is 43.3 Å². The highest BCUT2D eigenvalue weighted by Gasteiger charge is 2.19. The highest BCUT2D eigenvalue weighted by Crippen LogP contribution is 2.26. The summed E-state index contributed by atoms with van der Waals surface area (Å²) in [5, 5.41) is 12.3. The Kier molecular flexibility index (Phi) is 14.7. The first-order chi connectivity index (χ1) is 18.8. The molecule has 0 aliphatic heterocycles. The van der Waals surface area contributed by atoms with Gasteiger partial charge in [0.15, 0.2) is 0 Å². The molecule has 0 aromatic heterocycles. The molecule has 0 aliphatic carbocycles. The third kappa shape index (κ3) is 11.9. The van der Waals surface area contributed by atoms with Crippen molar-refractivity contribution in [2.45, 2.75) is 32.3 Å². The van der Waals surface area contributed by atoms with Crippen LogP contribution in [0.25, 0.3) is 0 Å². The summed E-state index contributed by atoms with van der Waals surface area (Å²) in [4.78, 5) is 26.6. The van der Waals surface area contributed by atoms with Crippen LogP contribution in [0.5, 0.6) is 0 Å². The Morgan fingerprint density at radius 2 is 1.54 bits per heavy atom. The van der Waals surface area contributed by atoms with Gasteiger partial charge in [0, 0.05) is 26.3 Å². The van der Waals surface area contributed by atoms with Gasteiger partial charge in [-0.05, 0) is 88.2 Å². The van der Waals surface area contributed by atoms with Crippen LogP contribution >= 0.6 is 0 Å². The van der Waals surface area contributed by atoms with Gasteiger partial charge < -0.3 is 36.1 Å². The van der Waals surface area contributed by atoms with Crippen molar-refractivity contribution in [1.82, 2.24) is 10.6 Å². The molecule has 0 spiro atoms. The molecular weight excluding hydrogens is 503 g/mol. The number of unbranched alkanes of at least 4 members (excludes halogenated alkanes) is 1. The Balaban J connectivity index is 1.83. The number of hydrogen-bond donors (Lipinski definition) is 5. The van der Waals surface area contributed by atoms with Gasteiger partial charge >= 0.3 is 12.1 Å². The van der Waals surface area contributed by atoms with Crippen molar-refractivity contribution in [2.24, 2.45) is 5.73 Å². The van der Waals surface area contributed by atoms with E-state index >= 15 is 0 Å². The number of anilines is 3. The van der Waals surface area contributed by atoms with Crippen LogP contribution in [-0.2, 0) is 16.1 Å². The Morgan fingerprint density at radius 3 is 2.15 bits per heavy atom. The van der Waals surface area contributed by atoms with Crippen molar-refractivity contribution in [1.29, 1.82) is 0 Å². The number of hydrogen-bond acceptors (Lipinski definition) is 9. The molecule has 0 radical (unpaired) electrons. The molecule has 2 rings (SSSR count). The zero-order valence-electron chi connectivity index (χ0n) is 23.3. The van der Waals surface area contributed by atoms with E-state index in [1.54, 1.807) is 0 Å². The average molecular weight is 547 g/mol. The zero-order valence-corrected chi connectivity index (χ0v) is 23.3. The zero-order chi connectivity index (χ0) is 28.5. The summed E-state index contributed by atoms with van der Waals surface area (Å²) in [5.74, 6) is -1.39. The second-order valence-electron chi connectivity index (χ2n) is 9.26. The maximum atomic E-state index is 14.7. The summed E-state index contributed by atoms with van der Waals surface area (Å²) < 4.78 is 24.8. The van der Waals surface area contributed by atoms with Gasteiger partial charge in [-0.2, -0.15) is 0 Å². The molecule has 0 heterocycles. The number of carbonyl (C=O) groups excluding carboxylic acids is 2. The molecule has 0 aliphatic rings. The summed E-state index contributed by atoms with van der Waals surface area (Å²) in [7, 11) is 5.07. The molecular formula is C28H43FN6O4. The van der Waals surface area contributed by atoms with E-state index in [2.05, 4.69) is 21.3 Å². The van der Waals surface area contributed by atoms with Gasteiger partial charge in [-0.3, -0.25) is 5.32 Å². The molecule has 11 heteroatoms. The molecule has 0 bridgehead atoms. The van der Waals surface area contributed by atoms with Crippen LogP contribution in [0.15, 0.2) is 36.4 Å². The molecule has 0 saturated carbocycles. The van der Waals surface area contributed by atoms with E-state index in [9.17, 15) is 14.0 Å². The van der Waals surface area contributed by atoms with Gasteiger partial charge in [0.25, 0.3) is 0 Å². The number of amides is 1. The van der Waals surface area contributed by atoms with E-state index in [-0.39, 0.29) is 23.5 Å². The fourth-order valence-electron chi connectivity index (χ4n) is 3.69. The van der Waals surface area contributed by atoms with Crippen LogP contribution < -0.4 is 31.9 Å². The van der Waals surface area contributed by atoms with Gasteiger partial charge in [-0.25, -0.2) is 14.0 Å². The quantitative estimate of drug-likeness (QED) is 0.141. The minimum absolute atomic E-state index is 0.0389. The standard InChI is InChI=1S/C28H43FN6O4/c1-35(2)22-10-8-21(9-11-22)20-39-28(37)34-25-19-26(24(29)18-23(25)27(36)38-3)33-17-7-16-32-14-5-4-13-31-15-6-12-30/h8-11,18-19,31-33H,4-7,12-17,20,30H2,1-3H3,(H,34,37). The average Bonchev–Trinajstić information content (AvgIpc) is 2.93. The smallest absolute Gasteiger partial charge is 0.411 e. The van der Waals surface area contributed by atoms with Gasteiger partial charge in [0.1, 0.15) is 12.4 Å². The van der Waals surface area contributed by atoms with Crippen molar-refractivity contribution in [2.75, 3.05) is 76.0 Å². The molecule has 6 N–H and O–H groups in total. The number of carbonyl (C=O) groups is 2. The second kappa shape index (κ2) is 18.0. The molecule has 39 heavy (non-hydrogen) atoms. The lowest BCUT2D eigenvalue weighted by atomic mass is 10.1. The van der Waals surface area contributed by atoms with Gasteiger partial charge in [-0.1, -0.05) is 12.1 Å². The first-order valence-electron chi connectivity index (χ1n) is 13.3. The number of benzene rings is 2. The molecule has 0 saturated heterocycles. The van der Waals surface area contributed by atoms with Crippen molar-refractivity contribution >= 4 is 29.1 Å². The van der Waals surface area contributed by atoms with Crippen LogP contribution in [0.1, 0.15) is 41.6 Å². The monoisotopic (exact) mass is 546 g/mol. The highest BCUT2D eigenvalue weighted by molar-refractivity contribution is 6.00. The number of rotatable bonds is 18. The second-order valence-corrected chi connectivity index (χ2v) is 9.26. The molecule has 0 fully saturated rings. The molecule has 216 valence electrons. The topological polar surface area (TPSA) is 130 Å². The summed E-state index contributed by atoms with van der Waals surface area (Å²) >= 11 is 0. The third-order valence-electron chi connectivity index (χ3n) is 5.93. The van der Waals surface area contributed by atoms with E-state index in [1.165, 1.54) is 13.2 Å². The van der Waals surface area contributed by atoms with Crippen LogP contribution in [0.3, 0.4) is 0 Å². The predicted octanol–water partition coefficient (Wildman–Crippen LogP) is 3.54. The van der Waals surface area contributed by atoms with E-state index in [0.717, 1.165) is 69.2 Å². The van der Waals surface area contributed by atoms with E-state index < -0.39 is 17.9 Å². The molecule has 10 nitrogen and oxygen atoms in total. The number of ether oxygens (including phenoxy) is 2.